The lowest BCUT2D eigenvalue weighted by atomic mass is 9.76. The predicted octanol–water partition coefficient (Wildman–Crippen LogP) is 3.08. The number of nitrogens with zero attached hydrogens (tertiary/aromatic N) is 2. The molecule has 1 spiro atoms. The molecule has 29 heavy (non-hydrogen) atoms. The van der Waals surface area contributed by atoms with Gasteiger partial charge in [-0.15, -0.1) is 13.2 Å². The van der Waals surface area contributed by atoms with Crippen LogP contribution in [0.15, 0.2) is 24.3 Å². The normalized spacial score (nSPS) is 21.4. The second kappa shape index (κ2) is 8.10. The summed E-state index contributed by atoms with van der Waals surface area (Å²) in [5, 5.41) is 2.65. The van der Waals surface area contributed by atoms with Gasteiger partial charge in [0.05, 0.1) is 5.41 Å². The fraction of sp³-hybridized carbons (Fsp3) is 0.579. The second-order valence-electron chi connectivity index (χ2n) is 7.76. The van der Waals surface area contributed by atoms with Crippen molar-refractivity contribution in [2.45, 2.75) is 31.7 Å². The summed E-state index contributed by atoms with van der Waals surface area (Å²) in [6.45, 7) is 1.49. The number of nitrogens with one attached hydrogen (secondary N) is 1. The van der Waals surface area contributed by atoms with Gasteiger partial charge in [-0.2, -0.15) is 0 Å². The van der Waals surface area contributed by atoms with Gasteiger partial charge in [-0.05, 0) is 51.2 Å². The number of hydrogen-bond donors (Lipinski definition) is 1. The standard InChI is InChI=1S/C19H24F3N3O4/c1-24(2)12-15-11-18(16(26)28-15)7-9-25(10-8-18)17(27)23-13-3-5-14(6-4-13)29-19(20,21)22/h3-6,15H,7-12H2,1-2H3,(H,23,27). The van der Waals surface area contributed by atoms with Crippen molar-refractivity contribution in [3.05, 3.63) is 24.3 Å². The Balaban J connectivity index is 1.52. The van der Waals surface area contributed by atoms with Crippen LogP contribution in [0.25, 0.3) is 0 Å². The lowest BCUT2D eigenvalue weighted by Crippen LogP contribution is -2.46. The van der Waals surface area contributed by atoms with Crippen LogP contribution in [0.2, 0.25) is 0 Å². The number of alkyl halides is 3. The lowest BCUT2D eigenvalue weighted by molar-refractivity contribution is -0.274. The van der Waals surface area contributed by atoms with Crippen molar-refractivity contribution in [3.63, 3.8) is 0 Å². The summed E-state index contributed by atoms with van der Waals surface area (Å²) >= 11 is 0. The number of carbonyl (C=O) groups excluding carboxylic acids is 2. The van der Waals surface area contributed by atoms with Gasteiger partial charge in [-0.25, -0.2) is 4.79 Å². The van der Waals surface area contributed by atoms with Crippen molar-refractivity contribution in [1.82, 2.24) is 9.80 Å². The van der Waals surface area contributed by atoms with E-state index in [1.54, 1.807) is 4.90 Å². The molecule has 2 aliphatic rings. The van der Waals surface area contributed by atoms with Crippen LogP contribution >= 0.6 is 0 Å². The number of carbonyl (C=O) groups is 2. The van der Waals surface area contributed by atoms with Gasteiger partial charge < -0.3 is 24.6 Å². The zero-order valence-corrected chi connectivity index (χ0v) is 16.3. The van der Waals surface area contributed by atoms with Crippen LogP contribution in [0, 0.1) is 5.41 Å². The van der Waals surface area contributed by atoms with E-state index in [-0.39, 0.29) is 23.9 Å². The molecule has 1 unspecified atom stereocenters. The summed E-state index contributed by atoms with van der Waals surface area (Å²) in [5.41, 5.74) is -0.176. The second-order valence-corrected chi connectivity index (χ2v) is 7.76. The number of piperidine rings is 1. The Morgan fingerprint density at radius 1 is 1.28 bits per heavy atom. The van der Waals surface area contributed by atoms with Crippen LogP contribution in [-0.2, 0) is 9.53 Å². The largest absolute Gasteiger partial charge is 0.573 e. The van der Waals surface area contributed by atoms with Gasteiger partial charge in [0, 0.05) is 31.7 Å². The number of halogens is 3. The third kappa shape index (κ3) is 5.31. The quantitative estimate of drug-likeness (QED) is 0.766. The van der Waals surface area contributed by atoms with Crippen molar-refractivity contribution in [2.75, 3.05) is 39.0 Å². The number of urea groups is 1. The summed E-state index contributed by atoms with van der Waals surface area (Å²) in [5.74, 6) is -0.549. The molecule has 0 aliphatic carbocycles. The van der Waals surface area contributed by atoms with Crippen molar-refractivity contribution in [1.29, 1.82) is 0 Å². The SMILES string of the molecule is CN(C)CC1CC2(CCN(C(=O)Nc3ccc(OC(F)(F)F)cc3)CC2)C(=O)O1. The van der Waals surface area contributed by atoms with Crippen LogP contribution in [0.4, 0.5) is 23.7 Å². The van der Waals surface area contributed by atoms with Crippen LogP contribution in [0.5, 0.6) is 5.75 Å². The summed E-state index contributed by atoms with van der Waals surface area (Å²) in [7, 11) is 3.85. The van der Waals surface area contributed by atoms with E-state index in [1.165, 1.54) is 12.1 Å². The maximum atomic E-state index is 12.5. The summed E-state index contributed by atoms with van der Waals surface area (Å²) in [4.78, 5) is 28.4. The van der Waals surface area contributed by atoms with Crippen molar-refractivity contribution in [3.8, 4) is 5.75 Å². The van der Waals surface area contributed by atoms with Gasteiger partial charge in [0.25, 0.3) is 0 Å². The number of anilines is 1. The summed E-state index contributed by atoms with van der Waals surface area (Å²) in [6, 6.07) is 4.58. The first kappa shape index (κ1) is 21.2. The number of amides is 2. The van der Waals surface area contributed by atoms with E-state index in [2.05, 4.69) is 10.1 Å². The van der Waals surface area contributed by atoms with Crippen LogP contribution in [-0.4, -0.2) is 68.0 Å². The number of rotatable bonds is 4. The highest BCUT2D eigenvalue weighted by molar-refractivity contribution is 5.89. The average Bonchev–Trinajstić information content (AvgIpc) is 2.90. The van der Waals surface area contributed by atoms with Crippen LogP contribution in [0.3, 0.4) is 0 Å². The first-order valence-electron chi connectivity index (χ1n) is 9.34. The maximum Gasteiger partial charge on any atom is 0.573 e. The molecule has 160 valence electrons. The molecule has 0 aromatic heterocycles. The summed E-state index contributed by atoms with van der Waals surface area (Å²) in [6.07, 6.45) is -3.18. The molecular weight excluding hydrogens is 391 g/mol. The highest BCUT2D eigenvalue weighted by Gasteiger charge is 2.50. The molecule has 2 saturated heterocycles. The Morgan fingerprint density at radius 3 is 2.45 bits per heavy atom. The maximum absolute atomic E-state index is 12.5. The fourth-order valence-corrected chi connectivity index (χ4v) is 3.83. The van der Waals surface area contributed by atoms with E-state index >= 15 is 0 Å². The number of likely N-dealkylation sites (N-methyl/N-ethyl adjacent to an activating group) is 1. The molecule has 1 N–H and O–H groups in total. The minimum absolute atomic E-state index is 0.129. The molecule has 7 nitrogen and oxygen atoms in total. The number of ether oxygens (including phenoxy) is 2. The molecular formula is C19H24F3N3O4. The Hall–Kier alpha value is -2.49. The molecule has 1 atom stereocenters. The number of likely N-dealkylation sites (tertiary alicyclic amines) is 1. The first-order valence-corrected chi connectivity index (χ1v) is 9.34. The van der Waals surface area contributed by atoms with Gasteiger partial charge in [0.15, 0.2) is 0 Å². The Kier molecular flexibility index (Phi) is 5.92. The van der Waals surface area contributed by atoms with Crippen LogP contribution in [0.1, 0.15) is 19.3 Å². The highest BCUT2D eigenvalue weighted by Crippen LogP contribution is 2.43. The van der Waals surface area contributed by atoms with Gasteiger partial charge in [0.2, 0.25) is 0 Å². The van der Waals surface area contributed by atoms with E-state index in [0.717, 1.165) is 12.1 Å². The molecule has 1 aromatic rings. The van der Waals surface area contributed by atoms with E-state index in [0.29, 0.717) is 44.6 Å². The first-order chi connectivity index (χ1) is 13.6. The zero-order chi connectivity index (χ0) is 21.2. The van der Waals surface area contributed by atoms with E-state index in [9.17, 15) is 22.8 Å². The van der Waals surface area contributed by atoms with E-state index in [1.807, 2.05) is 19.0 Å². The Labute approximate surface area is 166 Å². The van der Waals surface area contributed by atoms with Gasteiger partial charge >= 0.3 is 18.4 Å². The lowest BCUT2D eigenvalue weighted by Gasteiger charge is -2.36. The third-order valence-corrected chi connectivity index (χ3v) is 5.24. The number of hydrogen-bond acceptors (Lipinski definition) is 5. The molecule has 0 radical (unpaired) electrons. The predicted molar refractivity (Wildman–Crippen MR) is 98.4 cm³/mol. The topological polar surface area (TPSA) is 71.1 Å². The van der Waals surface area contributed by atoms with E-state index in [4.69, 9.17) is 4.74 Å². The van der Waals surface area contributed by atoms with Crippen molar-refractivity contribution >= 4 is 17.7 Å². The number of cyclic esters (lactones) is 1. The number of benzene rings is 1. The molecule has 0 bridgehead atoms. The van der Waals surface area contributed by atoms with Crippen molar-refractivity contribution < 1.29 is 32.2 Å². The molecule has 2 aliphatic heterocycles. The van der Waals surface area contributed by atoms with Crippen molar-refractivity contribution in [2.24, 2.45) is 5.41 Å². The average molecular weight is 415 g/mol. The Morgan fingerprint density at radius 2 is 1.90 bits per heavy atom. The fourth-order valence-electron chi connectivity index (χ4n) is 3.83. The van der Waals surface area contributed by atoms with E-state index < -0.39 is 11.8 Å². The smallest absolute Gasteiger partial charge is 0.461 e. The minimum atomic E-state index is -4.76. The minimum Gasteiger partial charge on any atom is -0.461 e. The monoisotopic (exact) mass is 415 g/mol. The molecule has 2 fully saturated rings. The zero-order valence-electron chi connectivity index (χ0n) is 16.3. The number of esters is 1. The van der Waals surface area contributed by atoms with Gasteiger partial charge in [-0.3, -0.25) is 4.79 Å². The van der Waals surface area contributed by atoms with Gasteiger partial charge in [0.1, 0.15) is 11.9 Å². The molecule has 10 heteroatoms. The molecule has 0 saturated carbocycles. The third-order valence-electron chi connectivity index (χ3n) is 5.24. The van der Waals surface area contributed by atoms with Gasteiger partial charge in [-0.1, -0.05) is 0 Å². The Bertz CT molecular complexity index is 744. The highest BCUT2D eigenvalue weighted by atomic mass is 19.4. The molecule has 2 amide bonds. The molecule has 3 rings (SSSR count). The van der Waals surface area contributed by atoms with Crippen LogP contribution < -0.4 is 10.1 Å². The summed E-state index contributed by atoms with van der Waals surface area (Å²) < 4.78 is 45.9. The molecule has 1 aromatic carbocycles. The molecule has 2 heterocycles.